The number of ether oxygens (including phenoxy) is 1. The van der Waals surface area contributed by atoms with E-state index in [1.807, 2.05) is 42.5 Å². The van der Waals surface area contributed by atoms with E-state index in [9.17, 15) is 33.6 Å². The zero-order valence-electron chi connectivity index (χ0n) is 32.3. The first-order valence-electron chi connectivity index (χ1n) is 18.9. The van der Waals surface area contributed by atoms with Crippen molar-refractivity contribution in [3.05, 3.63) is 77.9 Å². The molecule has 1 heterocycles. The average molecular weight is 794 g/mol. The Kier molecular flexibility index (Phi) is 18.9. The van der Waals surface area contributed by atoms with Crippen LogP contribution in [0.4, 0.5) is 15.3 Å². The second kappa shape index (κ2) is 23.5. The third-order valence-corrected chi connectivity index (χ3v) is 10.7. The number of carbonyl (C=O) groups excluding carboxylic acids is 7. The Bertz CT molecular complexity index is 1670. The second-order valence-corrected chi connectivity index (χ2v) is 15.2. The molecule has 2 unspecified atom stereocenters. The Labute approximate surface area is 332 Å². The van der Waals surface area contributed by atoms with Gasteiger partial charge < -0.3 is 37.5 Å². The number of carbonyl (C=O) groups is 7. The van der Waals surface area contributed by atoms with Crippen molar-refractivity contribution in [2.45, 2.75) is 101 Å². The summed E-state index contributed by atoms with van der Waals surface area (Å²) < 4.78 is 4.77. The van der Waals surface area contributed by atoms with Gasteiger partial charge in [0.25, 0.3) is 0 Å². The number of likely N-dealkylation sites (tertiary alicyclic amines) is 1. The maximum absolute atomic E-state index is 13.5. The Morgan fingerprint density at radius 3 is 2.30 bits per heavy atom. The van der Waals surface area contributed by atoms with Crippen LogP contribution >= 0.6 is 11.8 Å². The van der Waals surface area contributed by atoms with Crippen LogP contribution in [0, 0.1) is 5.92 Å². The van der Waals surface area contributed by atoms with E-state index in [0.717, 1.165) is 12.0 Å². The van der Waals surface area contributed by atoms with Gasteiger partial charge in [0.05, 0.1) is 5.25 Å². The van der Waals surface area contributed by atoms with E-state index in [1.54, 1.807) is 38.1 Å². The number of allylic oxidation sites excluding steroid dienone is 7. The quantitative estimate of drug-likeness (QED) is 0.0732. The molecule has 304 valence electrons. The molecule has 3 rings (SSSR count). The molecule has 56 heavy (non-hydrogen) atoms. The summed E-state index contributed by atoms with van der Waals surface area (Å²) in [5.74, 6) is -2.07. The number of thioether (sulfide) groups is 1. The fraction of sp³-hybridized carbons (Fsp3) is 0.475. The number of hydrogen-bond donors (Lipinski definition) is 6. The van der Waals surface area contributed by atoms with E-state index < -0.39 is 41.3 Å². The molecule has 1 aliphatic carbocycles. The zero-order chi connectivity index (χ0) is 41.0. The second-order valence-electron chi connectivity index (χ2n) is 13.8. The van der Waals surface area contributed by atoms with E-state index in [-0.39, 0.29) is 67.8 Å². The summed E-state index contributed by atoms with van der Waals surface area (Å²) in [4.78, 5) is 89.2. The van der Waals surface area contributed by atoms with Crippen LogP contribution in [0.25, 0.3) is 0 Å². The summed E-state index contributed by atoms with van der Waals surface area (Å²) >= 11 is 1.53. The topological polar surface area (TPSA) is 232 Å². The van der Waals surface area contributed by atoms with Crippen molar-refractivity contribution in [2.75, 3.05) is 18.4 Å². The smallest absolute Gasteiger partial charge is 0.404 e. The fourth-order valence-electron chi connectivity index (χ4n) is 6.03. The van der Waals surface area contributed by atoms with Crippen LogP contribution in [0.1, 0.15) is 77.7 Å². The maximum atomic E-state index is 13.5. The van der Waals surface area contributed by atoms with Crippen molar-refractivity contribution < 1.29 is 38.3 Å². The Morgan fingerprint density at radius 1 is 0.911 bits per heavy atom. The van der Waals surface area contributed by atoms with Crippen LogP contribution in [0.5, 0.6) is 0 Å². The molecular weight excluding hydrogens is 739 g/mol. The molecule has 0 aromatic heterocycles. The van der Waals surface area contributed by atoms with Gasteiger partial charge in [-0.3, -0.25) is 28.9 Å². The number of nitrogens with one attached hydrogen (secondary N) is 4. The van der Waals surface area contributed by atoms with Gasteiger partial charge >= 0.3 is 12.1 Å². The molecule has 8 N–H and O–H groups in total. The summed E-state index contributed by atoms with van der Waals surface area (Å²) in [6.45, 7) is 6.05. The van der Waals surface area contributed by atoms with Crippen molar-refractivity contribution in [2.24, 2.45) is 17.4 Å². The Balaban J connectivity index is 1.49. The molecule has 1 fully saturated rings. The monoisotopic (exact) mass is 793 g/mol. The highest BCUT2D eigenvalue weighted by Crippen LogP contribution is 2.34. The van der Waals surface area contributed by atoms with Gasteiger partial charge in [0.1, 0.15) is 18.7 Å². The number of nitrogens with zero attached hydrogens (tertiary/aromatic N) is 1. The van der Waals surface area contributed by atoms with Crippen molar-refractivity contribution in [1.29, 1.82) is 0 Å². The van der Waals surface area contributed by atoms with E-state index in [0.29, 0.717) is 36.9 Å². The predicted molar refractivity (Wildman–Crippen MR) is 216 cm³/mol. The summed E-state index contributed by atoms with van der Waals surface area (Å²) in [5, 5.41) is 10.4. The summed E-state index contributed by atoms with van der Waals surface area (Å²) in [6.07, 6.45) is 16.2. The first kappa shape index (κ1) is 45.0. The highest BCUT2D eigenvalue weighted by atomic mass is 32.2. The zero-order valence-corrected chi connectivity index (χ0v) is 33.1. The van der Waals surface area contributed by atoms with Crippen LogP contribution in [0.2, 0.25) is 0 Å². The van der Waals surface area contributed by atoms with Crippen LogP contribution in [-0.4, -0.2) is 82.2 Å². The number of rotatable bonds is 22. The van der Waals surface area contributed by atoms with Gasteiger partial charge in [-0.25, -0.2) is 9.59 Å². The lowest BCUT2D eigenvalue weighted by Crippen LogP contribution is -2.54. The number of amides is 8. The number of anilines is 1. The van der Waals surface area contributed by atoms with Gasteiger partial charge in [0.15, 0.2) is 0 Å². The minimum atomic E-state index is -1.01. The minimum absolute atomic E-state index is 0.0359. The molecular formula is C40H55N7O8S. The number of urea groups is 1. The third kappa shape index (κ3) is 15.4. The molecule has 1 aromatic rings. The molecule has 1 aromatic carbocycles. The molecule has 0 radical (unpaired) electrons. The van der Waals surface area contributed by atoms with Crippen LogP contribution < -0.4 is 32.7 Å². The SMILES string of the molecule is CCC(SC1CC(=O)N(CCCCCC(=O)N[C@H](C(=O)N[C@@H](CCCNC(N)=O)C(=O)Nc2ccc(COC(N)=O)cc2)C(C)C)C1=O)C1=C/C=C\C=C/C=C1. The molecule has 15 nitrogen and oxygen atoms in total. The van der Waals surface area contributed by atoms with Crippen LogP contribution in [-0.2, 0) is 35.3 Å². The number of imide groups is 1. The number of benzene rings is 1. The fourth-order valence-corrected chi connectivity index (χ4v) is 7.41. The maximum Gasteiger partial charge on any atom is 0.404 e. The number of unbranched alkanes of at least 4 members (excludes halogenated alkanes) is 2. The number of primary amides is 2. The van der Waals surface area contributed by atoms with Crippen molar-refractivity contribution >= 4 is 59.1 Å². The van der Waals surface area contributed by atoms with Gasteiger partial charge in [-0.2, -0.15) is 0 Å². The Hall–Kier alpha value is -5.38. The Morgan fingerprint density at radius 2 is 1.62 bits per heavy atom. The lowest BCUT2D eigenvalue weighted by Gasteiger charge is -2.25. The van der Waals surface area contributed by atoms with Gasteiger partial charge in [0, 0.05) is 36.9 Å². The average Bonchev–Trinajstić information content (AvgIpc) is 3.40. The number of nitrogens with two attached hydrogens (primary N) is 2. The lowest BCUT2D eigenvalue weighted by atomic mass is 10.0. The highest BCUT2D eigenvalue weighted by Gasteiger charge is 2.40. The van der Waals surface area contributed by atoms with Crippen LogP contribution in [0.15, 0.2) is 72.4 Å². The largest absolute Gasteiger partial charge is 0.445 e. The molecule has 1 aliphatic heterocycles. The van der Waals surface area contributed by atoms with Gasteiger partial charge in [0.2, 0.25) is 29.5 Å². The lowest BCUT2D eigenvalue weighted by molar-refractivity contribution is -0.138. The summed E-state index contributed by atoms with van der Waals surface area (Å²) in [6, 6.07) is 3.83. The van der Waals surface area contributed by atoms with Gasteiger partial charge in [-0.05, 0) is 61.3 Å². The predicted octanol–water partition coefficient (Wildman–Crippen LogP) is 4.10. The first-order valence-corrected chi connectivity index (χ1v) is 19.9. The normalized spacial score (nSPS) is 17.8. The van der Waals surface area contributed by atoms with Crippen LogP contribution in [0.3, 0.4) is 0 Å². The van der Waals surface area contributed by atoms with Crippen molar-refractivity contribution in [3.8, 4) is 0 Å². The standard InChI is InChI=1S/C40H55N7O8S/c1-4-31(28-14-9-6-5-7-10-15-28)56-32-24-34(49)47(38(32)52)23-12-8-11-17-33(48)46-35(26(2)3)37(51)45-30(16-13-22-43-39(41)53)36(50)44-29-20-18-27(19-21-29)25-55-40(42)54/h5-7,9-10,14-15,18-21,26,30-32,35H,4,8,11-13,16-17,22-25H2,1-3H3,(H2,42,54)(H,44,50)(H,45,51)(H,46,48)(H3,41,43,53)/b6-5-,7-5?,9-6?,10-7-,14-9?,15-10?,28-14?,28-15?/t30-,31?,32?,35-/m0/s1. The highest BCUT2D eigenvalue weighted by molar-refractivity contribution is 8.01. The molecule has 2 aliphatic rings. The van der Waals surface area contributed by atoms with Gasteiger partial charge in [-0.15, -0.1) is 11.8 Å². The van der Waals surface area contributed by atoms with Crippen molar-refractivity contribution in [3.63, 3.8) is 0 Å². The number of hydrogen-bond acceptors (Lipinski definition) is 9. The third-order valence-electron chi connectivity index (χ3n) is 9.05. The van der Waals surface area contributed by atoms with E-state index in [2.05, 4.69) is 28.2 Å². The molecule has 0 bridgehead atoms. The molecule has 0 saturated carbocycles. The van der Waals surface area contributed by atoms with E-state index in [4.69, 9.17) is 16.2 Å². The first-order chi connectivity index (χ1) is 26.8. The van der Waals surface area contributed by atoms with E-state index >= 15 is 0 Å². The molecule has 1 saturated heterocycles. The molecule has 16 heteroatoms. The van der Waals surface area contributed by atoms with Gasteiger partial charge in [-0.1, -0.05) is 81.9 Å². The molecule has 4 atom stereocenters. The molecule has 0 spiro atoms. The summed E-state index contributed by atoms with van der Waals surface area (Å²) in [7, 11) is 0. The summed E-state index contributed by atoms with van der Waals surface area (Å²) in [5.41, 5.74) is 12.3. The van der Waals surface area contributed by atoms with Crippen molar-refractivity contribution in [1.82, 2.24) is 20.9 Å². The minimum Gasteiger partial charge on any atom is -0.445 e. The van der Waals surface area contributed by atoms with E-state index in [1.165, 1.54) is 16.7 Å². The molecule has 8 amide bonds.